The van der Waals surface area contributed by atoms with Crippen LogP contribution in [-0.2, 0) is 11.3 Å². The monoisotopic (exact) mass is 255 g/mol. The van der Waals surface area contributed by atoms with Gasteiger partial charge in [0, 0.05) is 6.54 Å². The number of hydrogen-bond acceptors (Lipinski definition) is 5. The van der Waals surface area contributed by atoms with Crippen molar-refractivity contribution in [3.05, 3.63) is 5.01 Å². The summed E-state index contributed by atoms with van der Waals surface area (Å²) in [6.45, 7) is 2.36. The van der Waals surface area contributed by atoms with E-state index in [-0.39, 0.29) is 13.2 Å². The number of anilines is 1. The highest BCUT2D eigenvalue weighted by Gasteiger charge is 2.26. The molecule has 1 aromatic heterocycles. The van der Waals surface area contributed by atoms with E-state index in [2.05, 4.69) is 15.5 Å². The van der Waals surface area contributed by atoms with E-state index in [1.807, 2.05) is 6.92 Å². The van der Waals surface area contributed by atoms with Gasteiger partial charge in [0.25, 0.3) is 0 Å². The van der Waals surface area contributed by atoms with Crippen LogP contribution in [0.5, 0.6) is 0 Å². The molecule has 1 rings (SSSR count). The van der Waals surface area contributed by atoms with Crippen LogP contribution in [0.1, 0.15) is 18.4 Å². The molecule has 0 amide bonds. The maximum atomic E-state index is 11.8. The van der Waals surface area contributed by atoms with Gasteiger partial charge in [-0.25, -0.2) is 0 Å². The average Bonchev–Trinajstić information content (AvgIpc) is 2.60. The number of ether oxygens (including phenoxy) is 1. The van der Waals surface area contributed by atoms with Gasteiger partial charge in [0.15, 0.2) is 0 Å². The molecule has 1 N–H and O–H groups in total. The first-order valence-corrected chi connectivity index (χ1v) is 5.53. The topological polar surface area (TPSA) is 47.0 Å². The lowest BCUT2D eigenvalue weighted by Gasteiger charge is -2.05. The Balaban J connectivity index is 2.21. The highest BCUT2D eigenvalue weighted by Crippen LogP contribution is 2.20. The first kappa shape index (κ1) is 13.2. The maximum Gasteiger partial charge on any atom is 0.391 e. The van der Waals surface area contributed by atoms with Gasteiger partial charge in [-0.15, -0.1) is 10.2 Å². The Kier molecular flexibility index (Phi) is 4.94. The van der Waals surface area contributed by atoms with Gasteiger partial charge in [-0.3, -0.25) is 0 Å². The highest BCUT2D eigenvalue weighted by atomic mass is 32.1. The molecular formula is C8H12F3N3OS. The zero-order chi connectivity index (χ0) is 12.0. The van der Waals surface area contributed by atoms with Gasteiger partial charge < -0.3 is 10.1 Å². The van der Waals surface area contributed by atoms with Gasteiger partial charge in [-0.2, -0.15) is 13.2 Å². The fraction of sp³-hybridized carbons (Fsp3) is 0.750. The summed E-state index contributed by atoms with van der Waals surface area (Å²) < 4.78 is 40.2. The number of halogens is 3. The Labute approximate surface area is 94.8 Å². The molecule has 0 spiro atoms. The van der Waals surface area contributed by atoms with Crippen LogP contribution in [0.3, 0.4) is 0 Å². The van der Waals surface area contributed by atoms with Crippen molar-refractivity contribution in [2.75, 3.05) is 18.5 Å². The predicted molar refractivity (Wildman–Crippen MR) is 54.4 cm³/mol. The maximum absolute atomic E-state index is 11.8. The molecule has 8 heteroatoms. The summed E-state index contributed by atoms with van der Waals surface area (Å²) in [6.07, 6.45) is -5.11. The fourth-order valence-corrected chi connectivity index (χ4v) is 1.63. The average molecular weight is 255 g/mol. The molecule has 4 nitrogen and oxygen atoms in total. The zero-order valence-corrected chi connectivity index (χ0v) is 9.49. The summed E-state index contributed by atoms with van der Waals surface area (Å²) in [5, 5.41) is 11.7. The minimum absolute atomic E-state index is 0.0686. The van der Waals surface area contributed by atoms with Crippen LogP contribution in [0.4, 0.5) is 18.3 Å². The summed E-state index contributed by atoms with van der Waals surface area (Å²) in [5.41, 5.74) is 0. The van der Waals surface area contributed by atoms with Gasteiger partial charge in [0.2, 0.25) is 5.13 Å². The third-order valence-corrected chi connectivity index (χ3v) is 2.40. The van der Waals surface area contributed by atoms with Crippen LogP contribution >= 0.6 is 11.3 Å². The van der Waals surface area contributed by atoms with Crippen molar-refractivity contribution in [1.29, 1.82) is 0 Å². The summed E-state index contributed by atoms with van der Waals surface area (Å²) in [4.78, 5) is 0. The van der Waals surface area contributed by atoms with Crippen molar-refractivity contribution in [3.63, 3.8) is 0 Å². The molecule has 0 bridgehead atoms. The van der Waals surface area contributed by atoms with Crippen LogP contribution in [0.25, 0.3) is 0 Å². The van der Waals surface area contributed by atoms with Gasteiger partial charge in [-0.05, 0) is 6.92 Å². The van der Waals surface area contributed by atoms with E-state index >= 15 is 0 Å². The Morgan fingerprint density at radius 3 is 2.75 bits per heavy atom. The lowest BCUT2D eigenvalue weighted by atomic mass is 10.4. The Bertz CT molecular complexity index is 316. The minimum Gasteiger partial charge on any atom is -0.374 e. The smallest absolute Gasteiger partial charge is 0.374 e. The quantitative estimate of drug-likeness (QED) is 0.793. The second-order valence-electron chi connectivity index (χ2n) is 2.95. The lowest BCUT2D eigenvalue weighted by Crippen LogP contribution is -2.11. The molecule has 0 atom stereocenters. The molecular weight excluding hydrogens is 243 g/mol. The second-order valence-corrected chi connectivity index (χ2v) is 4.01. The van der Waals surface area contributed by atoms with Crippen molar-refractivity contribution >= 4 is 16.5 Å². The molecule has 0 saturated heterocycles. The van der Waals surface area contributed by atoms with Crippen LogP contribution in [0, 0.1) is 0 Å². The zero-order valence-electron chi connectivity index (χ0n) is 8.67. The van der Waals surface area contributed by atoms with Crippen LogP contribution < -0.4 is 5.32 Å². The normalized spacial score (nSPS) is 11.8. The predicted octanol–water partition coefficient (Wildman–Crippen LogP) is 2.44. The molecule has 1 heterocycles. The standard InChI is InChI=1S/C8H12F3N3OS/c1-2-12-7-14-13-6(16-7)5-15-4-3-8(9,10)11/h2-5H2,1H3,(H,12,14). The van der Waals surface area contributed by atoms with E-state index in [0.717, 1.165) is 6.54 Å². The van der Waals surface area contributed by atoms with E-state index in [1.54, 1.807) is 0 Å². The Morgan fingerprint density at radius 1 is 1.38 bits per heavy atom. The molecule has 0 aliphatic heterocycles. The van der Waals surface area contributed by atoms with E-state index in [1.165, 1.54) is 11.3 Å². The third-order valence-electron chi connectivity index (χ3n) is 1.55. The molecule has 16 heavy (non-hydrogen) atoms. The number of alkyl halides is 3. The lowest BCUT2D eigenvalue weighted by molar-refractivity contribution is -0.146. The molecule has 0 aromatic carbocycles. The van der Waals surface area contributed by atoms with E-state index in [0.29, 0.717) is 10.1 Å². The molecule has 0 radical (unpaired) electrons. The number of rotatable bonds is 6. The molecule has 0 saturated carbocycles. The van der Waals surface area contributed by atoms with E-state index in [4.69, 9.17) is 4.74 Å². The largest absolute Gasteiger partial charge is 0.391 e. The fourth-order valence-electron chi connectivity index (χ4n) is 0.882. The van der Waals surface area contributed by atoms with Crippen molar-refractivity contribution in [2.45, 2.75) is 26.1 Å². The van der Waals surface area contributed by atoms with E-state index in [9.17, 15) is 13.2 Å². The van der Waals surface area contributed by atoms with Crippen molar-refractivity contribution in [1.82, 2.24) is 10.2 Å². The molecule has 0 unspecified atom stereocenters. The molecule has 0 fully saturated rings. The summed E-state index contributed by atoms with van der Waals surface area (Å²) in [6, 6.07) is 0. The van der Waals surface area contributed by atoms with Crippen molar-refractivity contribution in [3.8, 4) is 0 Å². The van der Waals surface area contributed by atoms with Gasteiger partial charge >= 0.3 is 6.18 Å². The van der Waals surface area contributed by atoms with E-state index < -0.39 is 12.6 Å². The van der Waals surface area contributed by atoms with Crippen LogP contribution in [-0.4, -0.2) is 29.5 Å². The number of nitrogens with zero attached hydrogens (tertiary/aromatic N) is 2. The molecule has 1 aromatic rings. The van der Waals surface area contributed by atoms with Crippen LogP contribution in [0.15, 0.2) is 0 Å². The summed E-state index contributed by atoms with van der Waals surface area (Å²) in [7, 11) is 0. The summed E-state index contributed by atoms with van der Waals surface area (Å²) in [5.74, 6) is 0. The van der Waals surface area contributed by atoms with Gasteiger partial charge in [0.1, 0.15) is 11.6 Å². The number of aromatic nitrogens is 2. The Morgan fingerprint density at radius 2 is 2.12 bits per heavy atom. The molecule has 0 aliphatic rings. The summed E-state index contributed by atoms with van der Waals surface area (Å²) >= 11 is 1.28. The number of hydrogen-bond donors (Lipinski definition) is 1. The second kappa shape index (κ2) is 6.00. The van der Waals surface area contributed by atoms with Crippen molar-refractivity contribution < 1.29 is 17.9 Å². The third kappa shape index (κ3) is 5.26. The molecule has 0 aliphatic carbocycles. The highest BCUT2D eigenvalue weighted by molar-refractivity contribution is 7.15. The first-order valence-electron chi connectivity index (χ1n) is 4.72. The minimum atomic E-state index is -4.17. The SMILES string of the molecule is CCNc1nnc(COCCC(F)(F)F)s1. The van der Waals surface area contributed by atoms with Crippen molar-refractivity contribution in [2.24, 2.45) is 0 Å². The van der Waals surface area contributed by atoms with Gasteiger partial charge in [-0.1, -0.05) is 11.3 Å². The molecule has 92 valence electrons. The first-order chi connectivity index (χ1) is 7.51. The Hall–Kier alpha value is -0.890. The van der Waals surface area contributed by atoms with Gasteiger partial charge in [0.05, 0.1) is 13.0 Å². The number of nitrogens with one attached hydrogen (secondary N) is 1. The van der Waals surface area contributed by atoms with Crippen LogP contribution in [0.2, 0.25) is 0 Å².